The predicted molar refractivity (Wildman–Crippen MR) is 106 cm³/mol. The molecule has 2 aliphatic heterocycles. The molecule has 0 N–H and O–H groups in total. The smallest absolute Gasteiger partial charge is 0.310 e. The maximum absolute atomic E-state index is 13.7. The minimum Gasteiger partial charge on any atom is -0.466 e. The molecule has 1 aromatic rings. The Morgan fingerprint density at radius 1 is 1.07 bits per heavy atom. The van der Waals surface area contributed by atoms with Gasteiger partial charge in [-0.3, -0.25) is 14.4 Å². The number of hydrogen-bond acceptors (Lipinski definition) is 4. The van der Waals surface area contributed by atoms with E-state index in [1.807, 2.05) is 40.1 Å². The van der Waals surface area contributed by atoms with E-state index < -0.39 is 5.41 Å². The Balaban J connectivity index is 1.83. The summed E-state index contributed by atoms with van der Waals surface area (Å²) in [7, 11) is 0. The van der Waals surface area contributed by atoms with E-state index in [1.165, 1.54) is 0 Å². The van der Waals surface area contributed by atoms with E-state index in [9.17, 15) is 14.4 Å². The summed E-state index contributed by atoms with van der Waals surface area (Å²) in [6.45, 7) is 5.97. The lowest BCUT2D eigenvalue weighted by atomic mass is 9.71. The van der Waals surface area contributed by atoms with Gasteiger partial charge in [0.2, 0.25) is 11.8 Å². The molecule has 0 saturated carbocycles. The molecule has 1 unspecified atom stereocenters. The van der Waals surface area contributed by atoms with Crippen molar-refractivity contribution in [1.82, 2.24) is 9.80 Å². The van der Waals surface area contributed by atoms with Crippen LogP contribution in [-0.4, -0.2) is 60.4 Å². The Labute approximate surface area is 166 Å². The number of carbonyl (C=O) groups excluding carboxylic acids is 3. The molecule has 0 bridgehead atoms. The Morgan fingerprint density at radius 2 is 1.75 bits per heavy atom. The molecule has 0 spiro atoms. The quantitative estimate of drug-likeness (QED) is 0.745. The average molecular weight is 386 g/mol. The normalized spacial score (nSPS) is 21.9. The molecule has 1 aromatic carbocycles. The summed E-state index contributed by atoms with van der Waals surface area (Å²) in [6, 6.07) is 9.88. The summed E-state index contributed by atoms with van der Waals surface area (Å²) < 4.78 is 5.18. The zero-order valence-electron chi connectivity index (χ0n) is 16.9. The molecular formula is C22H30N2O4. The van der Waals surface area contributed by atoms with E-state index in [0.717, 1.165) is 18.4 Å². The van der Waals surface area contributed by atoms with Gasteiger partial charge in [0.15, 0.2) is 0 Å². The highest BCUT2D eigenvalue weighted by atomic mass is 16.5. The molecule has 2 amide bonds. The average Bonchev–Trinajstić information content (AvgIpc) is 2.74. The van der Waals surface area contributed by atoms with Crippen LogP contribution in [-0.2, 0) is 24.5 Å². The zero-order chi connectivity index (χ0) is 20.1. The second-order valence-electron chi connectivity index (χ2n) is 7.80. The third-order valence-electron chi connectivity index (χ3n) is 6.13. The van der Waals surface area contributed by atoms with Crippen LogP contribution in [0.15, 0.2) is 30.3 Å². The van der Waals surface area contributed by atoms with Crippen LogP contribution in [0.3, 0.4) is 0 Å². The van der Waals surface area contributed by atoms with Gasteiger partial charge in [-0.15, -0.1) is 0 Å². The second-order valence-corrected chi connectivity index (χ2v) is 7.80. The lowest BCUT2D eigenvalue weighted by molar-refractivity contribution is -0.153. The third kappa shape index (κ3) is 4.05. The molecule has 6 nitrogen and oxygen atoms in total. The fraction of sp³-hybridized carbons (Fsp3) is 0.591. The van der Waals surface area contributed by atoms with Crippen molar-refractivity contribution in [2.75, 3.05) is 32.8 Å². The number of amides is 2. The van der Waals surface area contributed by atoms with Crippen LogP contribution < -0.4 is 0 Å². The van der Waals surface area contributed by atoms with Crippen LogP contribution in [0.25, 0.3) is 0 Å². The van der Waals surface area contributed by atoms with Crippen LogP contribution in [0.5, 0.6) is 0 Å². The number of piperidine rings is 2. The largest absolute Gasteiger partial charge is 0.466 e. The Morgan fingerprint density at radius 3 is 2.36 bits per heavy atom. The van der Waals surface area contributed by atoms with Gasteiger partial charge in [0.05, 0.1) is 17.9 Å². The van der Waals surface area contributed by atoms with Crippen molar-refractivity contribution in [3.8, 4) is 0 Å². The molecule has 152 valence electrons. The van der Waals surface area contributed by atoms with Crippen LogP contribution >= 0.6 is 0 Å². The molecule has 6 heteroatoms. The van der Waals surface area contributed by atoms with E-state index >= 15 is 0 Å². The molecule has 2 fully saturated rings. The molecule has 0 aliphatic carbocycles. The zero-order valence-corrected chi connectivity index (χ0v) is 16.9. The van der Waals surface area contributed by atoms with Gasteiger partial charge in [0, 0.05) is 33.1 Å². The van der Waals surface area contributed by atoms with Gasteiger partial charge in [-0.25, -0.2) is 0 Å². The van der Waals surface area contributed by atoms with Crippen molar-refractivity contribution in [2.24, 2.45) is 5.92 Å². The summed E-state index contributed by atoms with van der Waals surface area (Å²) in [6.07, 6.45) is 2.78. The molecule has 2 heterocycles. The lowest BCUT2D eigenvalue weighted by Gasteiger charge is -2.45. The first-order valence-electron chi connectivity index (χ1n) is 10.2. The van der Waals surface area contributed by atoms with E-state index in [4.69, 9.17) is 4.74 Å². The fourth-order valence-electron chi connectivity index (χ4n) is 4.50. The summed E-state index contributed by atoms with van der Waals surface area (Å²) in [5.41, 5.74) is 0.366. The molecule has 2 saturated heterocycles. The molecule has 1 atom stereocenters. The van der Waals surface area contributed by atoms with Gasteiger partial charge in [0.25, 0.3) is 0 Å². The highest BCUT2D eigenvalue weighted by Gasteiger charge is 2.46. The van der Waals surface area contributed by atoms with Crippen molar-refractivity contribution in [1.29, 1.82) is 0 Å². The van der Waals surface area contributed by atoms with Crippen molar-refractivity contribution in [3.63, 3.8) is 0 Å². The van der Waals surface area contributed by atoms with Gasteiger partial charge in [-0.1, -0.05) is 30.3 Å². The molecule has 28 heavy (non-hydrogen) atoms. The minimum absolute atomic E-state index is 0.0504. The van der Waals surface area contributed by atoms with Gasteiger partial charge in [-0.2, -0.15) is 0 Å². The van der Waals surface area contributed by atoms with Gasteiger partial charge in [-0.05, 0) is 38.2 Å². The standard InChI is InChI=1S/C22H30N2O4/c1-3-28-20(26)18-8-7-13-24(16-18)21(27)22(19-9-5-4-6-10-19)11-14-23(15-12-22)17(2)25/h4-6,9-10,18H,3,7-8,11-16H2,1-2H3. The minimum atomic E-state index is -0.635. The fourth-order valence-corrected chi connectivity index (χ4v) is 4.50. The SMILES string of the molecule is CCOC(=O)C1CCCN(C(=O)C2(c3ccccc3)CCN(C(C)=O)CC2)C1. The summed E-state index contributed by atoms with van der Waals surface area (Å²) in [5, 5.41) is 0. The highest BCUT2D eigenvalue weighted by molar-refractivity contribution is 5.89. The number of likely N-dealkylation sites (tertiary alicyclic amines) is 2. The Kier molecular flexibility index (Phi) is 6.37. The van der Waals surface area contributed by atoms with E-state index in [0.29, 0.717) is 45.6 Å². The number of ether oxygens (including phenoxy) is 1. The van der Waals surface area contributed by atoms with Crippen LogP contribution in [0.4, 0.5) is 0 Å². The first-order chi connectivity index (χ1) is 13.5. The highest BCUT2D eigenvalue weighted by Crippen LogP contribution is 2.38. The molecule has 0 radical (unpaired) electrons. The lowest BCUT2D eigenvalue weighted by Crippen LogP contribution is -2.56. The Hall–Kier alpha value is -2.37. The number of esters is 1. The van der Waals surface area contributed by atoms with Crippen molar-refractivity contribution in [2.45, 2.75) is 44.9 Å². The van der Waals surface area contributed by atoms with Crippen molar-refractivity contribution < 1.29 is 19.1 Å². The van der Waals surface area contributed by atoms with E-state index in [1.54, 1.807) is 13.8 Å². The topological polar surface area (TPSA) is 66.9 Å². The van der Waals surface area contributed by atoms with E-state index in [2.05, 4.69) is 0 Å². The van der Waals surface area contributed by atoms with Crippen LogP contribution in [0.2, 0.25) is 0 Å². The van der Waals surface area contributed by atoms with E-state index in [-0.39, 0.29) is 23.7 Å². The number of benzene rings is 1. The predicted octanol–water partition coefficient (Wildman–Crippen LogP) is 2.37. The molecule has 0 aromatic heterocycles. The molecule has 2 aliphatic rings. The number of carbonyl (C=O) groups is 3. The second kappa shape index (κ2) is 8.76. The van der Waals surface area contributed by atoms with Gasteiger partial charge < -0.3 is 14.5 Å². The van der Waals surface area contributed by atoms with Crippen LogP contribution in [0, 0.1) is 5.92 Å². The first-order valence-corrected chi connectivity index (χ1v) is 10.2. The number of nitrogens with zero attached hydrogens (tertiary/aromatic N) is 2. The third-order valence-corrected chi connectivity index (χ3v) is 6.13. The number of rotatable bonds is 4. The molecular weight excluding hydrogens is 356 g/mol. The molecule has 3 rings (SSSR count). The Bertz CT molecular complexity index is 711. The van der Waals surface area contributed by atoms with Crippen LogP contribution in [0.1, 0.15) is 45.1 Å². The van der Waals surface area contributed by atoms with Crippen molar-refractivity contribution >= 4 is 17.8 Å². The van der Waals surface area contributed by atoms with Gasteiger partial charge in [0.1, 0.15) is 0 Å². The van der Waals surface area contributed by atoms with Gasteiger partial charge >= 0.3 is 5.97 Å². The van der Waals surface area contributed by atoms with Crippen molar-refractivity contribution in [3.05, 3.63) is 35.9 Å². The number of hydrogen-bond donors (Lipinski definition) is 0. The first kappa shape index (κ1) is 20.4. The summed E-state index contributed by atoms with van der Waals surface area (Å²) in [5.74, 6) is -0.326. The maximum Gasteiger partial charge on any atom is 0.310 e. The summed E-state index contributed by atoms with van der Waals surface area (Å²) in [4.78, 5) is 41.4. The maximum atomic E-state index is 13.7. The summed E-state index contributed by atoms with van der Waals surface area (Å²) >= 11 is 0. The monoisotopic (exact) mass is 386 g/mol.